The fraction of sp³-hybridized carbons (Fsp3) is 0.750. The second-order valence-electron chi connectivity index (χ2n) is 1.33. The van der Waals surface area contributed by atoms with Gasteiger partial charge < -0.3 is 9.57 Å². The van der Waals surface area contributed by atoms with E-state index < -0.39 is 0 Å². The zero-order valence-corrected chi connectivity index (χ0v) is 4.18. The molecule has 0 unspecified atom stereocenters. The Labute approximate surface area is 41.9 Å². The summed E-state index contributed by atoms with van der Waals surface area (Å²) < 4.78 is 4.78. The summed E-state index contributed by atoms with van der Waals surface area (Å²) in [5, 5.41) is 3.62. The Balaban J connectivity index is 2.23. The van der Waals surface area contributed by atoms with Crippen LogP contribution in [0.25, 0.3) is 0 Å². The Morgan fingerprint density at radius 3 is 2.57 bits per heavy atom. The minimum absolute atomic E-state index is 0.647. The van der Waals surface area contributed by atoms with Crippen molar-refractivity contribution in [3.63, 3.8) is 0 Å². The maximum absolute atomic E-state index is 4.78. The van der Waals surface area contributed by atoms with Gasteiger partial charge in [0.25, 0.3) is 0 Å². The molecule has 3 heteroatoms. The summed E-state index contributed by atoms with van der Waals surface area (Å²) in [6.07, 6.45) is 0. The minimum Gasteiger partial charge on any atom is -0.399 e. The molecule has 0 aromatic heterocycles. The molecule has 0 saturated carbocycles. The fourth-order valence-electron chi connectivity index (χ4n) is 0.375. The first kappa shape index (κ1) is 4.59. The first-order valence-corrected chi connectivity index (χ1v) is 2.10. The lowest BCUT2D eigenvalue weighted by Gasteiger charge is -2.13. The molecule has 0 spiro atoms. The van der Waals surface area contributed by atoms with Crippen LogP contribution >= 0.6 is 0 Å². The van der Waals surface area contributed by atoms with Gasteiger partial charge in [0.2, 0.25) is 0 Å². The van der Waals surface area contributed by atoms with Crippen LogP contribution in [0.5, 0.6) is 0 Å². The van der Waals surface area contributed by atoms with Crippen LogP contribution in [0, 0.1) is 0 Å². The normalized spacial score (nSPS) is 18.1. The SMILES string of the molecule is CON=C1COC1. The number of rotatable bonds is 1. The van der Waals surface area contributed by atoms with E-state index in [-0.39, 0.29) is 0 Å². The van der Waals surface area contributed by atoms with Crippen molar-refractivity contribution in [3.05, 3.63) is 0 Å². The average molecular weight is 101 g/mol. The van der Waals surface area contributed by atoms with Crippen LogP contribution in [0.1, 0.15) is 0 Å². The number of hydrogen-bond donors (Lipinski definition) is 0. The van der Waals surface area contributed by atoms with Crippen LogP contribution in [0.3, 0.4) is 0 Å². The number of nitrogens with zero attached hydrogens (tertiary/aromatic N) is 1. The lowest BCUT2D eigenvalue weighted by Crippen LogP contribution is -2.27. The van der Waals surface area contributed by atoms with Crippen LogP contribution < -0.4 is 0 Å². The Hall–Kier alpha value is -0.570. The van der Waals surface area contributed by atoms with Crippen LogP contribution in [-0.2, 0) is 9.57 Å². The van der Waals surface area contributed by atoms with Gasteiger partial charge in [0.05, 0.1) is 13.2 Å². The summed E-state index contributed by atoms with van der Waals surface area (Å²) in [6.45, 7) is 1.29. The van der Waals surface area contributed by atoms with Gasteiger partial charge in [0.15, 0.2) is 0 Å². The molecule has 0 aromatic carbocycles. The molecular formula is C4H7NO2. The van der Waals surface area contributed by atoms with E-state index in [4.69, 9.17) is 4.74 Å². The maximum atomic E-state index is 4.78. The number of oxime groups is 1. The molecule has 0 aromatic rings. The molecule has 0 amide bonds. The summed E-state index contributed by atoms with van der Waals surface area (Å²) in [5.41, 5.74) is 0.988. The summed E-state index contributed by atoms with van der Waals surface area (Å²) in [6, 6.07) is 0. The summed E-state index contributed by atoms with van der Waals surface area (Å²) in [7, 11) is 1.53. The van der Waals surface area contributed by atoms with Gasteiger partial charge >= 0.3 is 0 Å². The van der Waals surface area contributed by atoms with Crippen LogP contribution in [0.15, 0.2) is 5.16 Å². The Kier molecular flexibility index (Phi) is 1.26. The monoisotopic (exact) mass is 101 g/mol. The van der Waals surface area contributed by atoms with Crippen molar-refractivity contribution in [3.8, 4) is 0 Å². The largest absolute Gasteiger partial charge is 0.399 e. The minimum atomic E-state index is 0.647. The second-order valence-corrected chi connectivity index (χ2v) is 1.33. The predicted octanol–water partition coefficient (Wildman–Crippen LogP) is 0.0190. The van der Waals surface area contributed by atoms with Gasteiger partial charge in [-0.25, -0.2) is 0 Å². The van der Waals surface area contributed by atoms with E-state index in [0.29, 0.717) is 13.2 Å². The molecule has 1 aliphatic rings. The van der Waals surface area contributed by atoms with Crippen molar-refractivity contribution in [1.82, 2.24) is 0 Å². The molecule has 1 fully saturated rings. The molecular weight excluding hydrogens is 94.0 g/mol. The van der Waals surface area contributed by atoms with Crippen molar-refractivity contribution in [2.24, 2.45) is 5.16 Å². The number of hydrogen-bond acceptors (Lipinski definition) is 3. The highest BCUT2D eigenvalue weighted by Gasteiger charge is 2.09. The summed E-state index contributed by atoms with van der Waals surface area (Å²) in [4.78, 5) is 4.45. The molecule has 0 atom stereocenters. The topological polar surface area (TPSA) is 30.8 Å². The highest BCUT2D eigenvalue weighted by atomic mass is 16.6. The van der Waals surface area contributed by atoms with Crippen molar-refractivity contribution in [1.29, 1.82) is 0 Å². The molecule has 40 valence electrons. The van der Waals surface area contributed by atoms with Crippen molar-refractivity contribution in [2.45, 2.75) is 0 Å². The molecule has 3 nitrogen and oxygen atoms in total. The average Bonchev–Trinajstić information content (AvgIpc) is 1.55. The Morgan fingerprint density at radius 2 is 2.43 bits per heavy atom. The highest BCUT2D eigenvalue weighted by Crippen LogP contribution is 1.94. The second kappa shape index (κ2) is 1.93. The van der Waals surface area contributed by atoms with Gasteiger partial charge in [-0.15, -0.1) is 0 Å². The van der Waals surface area contributed by atoms with E-state index in [9.17, 15) is 0 Å². The van der Waals surface area contributed by atoms with Gasteiger partial charge in [0, 0.05) is 0 Å². The molecule has 1 aliphatic heterocycles. The molecule has 1 rings (SSSR count). The lowest BCUT2D eigenvalue weighted by atomic mass is 10.3. The molecule has 0 aliphatic carbocycles. The smallest absolute Gasteiger partial charge is 0.109 e. The van der Waals surface area contributed by atoms with Gasteiger partial charge in [-0.05, 0) is 0 Å². The Bertz CT molecular complexity index is 83.7. The van der Waals surface area contributed by atoms with E-state index >= 15 is 0 Å². The molecule has 0 N–H and O–H groups in total. The van der Waals surface area contributed by atoms with E-state index in [2.05, 4.69) is 9.99 Å². The van der Waals surface area contributed by atoms with E-state index in [1.807, 2.05) is 0 Å². The standard InChI is InChI=1S/C4H7NO2/c1-6-5-4-2-7-3-4/h2-3H2,1H3. The van der Waals surface area contributed by atoms with Gasteiger partial charge in [-0.2, -0.15) is 0 Å². The summed E-state index contributed by atoms with van der Waals surface area (Å²) in [5.74, 6) is 0. The van der Waals surface area contributed by atoms with Gasteiger partial charge in [-0.1, -0.05) is 5.16 Å². The van der Waals surface area contributed by atoms with Crippen molar-refractivity contribution < 1.29 is 9.57 Å². The fourth-order valence-corrected chi connectivity index (χ4v) is 0.375. The van der Waals surface area contributed by atoms with E-state index in [1.54, 1.807) is 0 Å². The zero-order chi connectivity index (χ0) is 5.11. The molecule has 1 heterocycles. The Morgan fingerprint density at radius 1 is 1.71 bits per heavy atom. The maximum Gasteiger partial charge on any atom is 0.109 e. The quantitative estimate of drug-likeness (QED) is 0.436. The van der Waals surface area contributed by atoms with Crippen LogP contribution in [0.2, 0.25) is 0 Å². The third-order valence-electron chi connectivity index (χ3n) is 0.758. The highest BCUT2D eigenvalue weighted by molar-refractivity contribution is 5.90. The first-order chi connectivity index (χ1) is 3.43. The van der Waals surface area contributed by atoms with Crippen molar-refractivity contribution >= 4 is 5.71 Å². The lowest BCUT2D eigenvalue weighted by molar-refractivity contribution is 0.137. The molecule has 1 saturated heterocycles. The predicted molar refractivity (Wildman–Crippen MR) is 25.3 cm³/mol. The third kappa shape index (κ3) is 0.899. The van der Waals surface area contributed by atoms with Gasteiger partial charge in [-0.3, -0.25) is 0 Å². The zero-order valence-electron chi connectivity index (χ0n) is 4.18. The molecule has 0 radical (unpaired) electrons. The van der Waals surface area contributed by atoms with Gasteiger partial charge in [0.1, 0.15) is 12.8 Å². The summed E-state index contributed by atoms with van der Waals surface area (Å²) >= 11 is 0. The van der Waals surface area contributed by atoms with E-state index in [1.165, 1.54) is 7.11 Å². The first-order valence-electron chi connectivity index (χ1n) is 2.10. The number of ether oxygens (including phenoxy) is 1. The van der Waals surface area contributed by atoms with Crippen LogP contribution in [0.4, 0.5) is 0 Å². The third-order valence-corrected chi connectivity index (χ3v) is 0.758. The molecule has 7 heavy (non-hydrogen) atoms. The van der Waals surface area contributed by atoms with Crippen molar-refractivity contribution in [2.75, 3.05) is 20.3 Å². The van der Waals surface area contributed by atoms with E-state index in [0.717, 1.165) is 5.71 Å². The molecule has 0 bridgehead atoms. The van der Waals surface area contributed by atoms with Crippen LogP contribution in [-0.4, -0.2) is 26.0 Å².